The minimum atomic E-state index is -0.578. The highest BCUT2D eigenvalue weighted by Gasteiger charge is 2.28. The Labute approximate surface area is 125 Å². The summed E-state index contributed by atoms with van der Waals surface area (Å²) < 4.78 is 0. The molecule has 0 radical (unpaired) electrons. The molecule has 0 aromatic carbocycles. The summed E-state index contributed by atoms with van der Waals surface area (Å²) >= 11 is 0. The first kappa shape index (κ1) is 17.9. The van der Waals surface area contributed by atoms with Gasteiger partial charge < -0.3 is 15.3 Å². The number of hydrogen-bond donors (Lipinski definition) is 2. The van der Waals surface area contributed by atoms with Crippen molar-refractivity contribution >= 4 is 0 Å². The van der Waals surface area contributed by atoms with Crippen LogP contribution in [0.4, 0.5) is 0 Å². The van der Waals surface area contributed by atoms with Gasteiger partial charge in [-0.05, 0) is 32.2 Å². The summed E-state index contributed by atoms with van der Waals surface area (Å²) in [7, 11) is 0. The number of nitrogens with one attached hydrogen (secondary N) is 1. The van der Waals surface area contributed by atoms with E-state index in [1.54, 1.807) is 0 Å². The Balaban J connectivity index is 2.37. The highest BCUT2D eigenvalue weighted by atomic mass is 16.3. The third-order valence-electron chi connectivity index (χ3n) is 4.34. The number of piperazine rings is 1. The van der Waals surface area contributed by atoms with Gasteiger partial charge in [0, 0.05) is 45.8 Å². The van der Waals surface area contributed by atoms with Gasteiger partial charge in [-0.3, -0.25) is 4.90 Å². The predicted molar refractivity (Wildman–Crippen MR) is 86.1 cm³/mol. The lowest BCUT2D eigenvalue weighted by atomic mass is 9.86. The first-order chi connectivity index (χ1) is 9.28. The van der Waals surface area contributed by atoms with Crippen LogP contribution in [0, 0.1) is 5.41 Å². The summed E-state index contributed by atoms with van der Waals surface area (Å²) in [4.78, 5) is 4.96. The van der Waals surface area contributed by atoms with Crippen LogP contribution in [0.3, 0.4) is 0 Å². The largest absolute Gasteiger partial charge is 0.389 e. The molecule has 0 aliphatic carbocycles. The Bertz CT molecular complexity index is 269. The SMILES string of the molecule is CCNCC(C)(CC)CN1CCN(CC(C)(C)O)CC1. The first-order valence-electron chi connectivity index (χ1n) is 8.16. The van der Waals surface area contributed by atoms with Crippen molar-refractivity contribution in [1.82, 2.24) is 15.1 Å². The van der Waals surface area contributed by atoms with Crippen molar-refractivity contribution in [2.24, 2.45) is 5.41 Å². The second-order valence-electron chi connectivity index (χ2n) is 7.31. The summed E-state index contributed by atoms with van der Waals surface area (Å²) in [5, 5.41) is 13.4. The zero-order chi connectivity index (χ0) is 15.2. The maximum atomic E-state index is 9.89. The van der Waals surface area contributed by atoms with Gasteiger partial charge in [0.2, 0.25) is 0 Å². The van der Waals surface area contributed by atoms with Crippen molar-refractivity contribution in [3.05, 3.63) is 0 Å². The smallest absolute Gasteiger partial charge is 0.0718 e. The lowest BCUT2D eigenvalue weighted by Gasteiger charge is -2.41. The van der Waals surface area contributed by atoms with E-state index in [1.165, 1.54) is 13.0 Å². The van der Waals surface area contributed by atoms with E-state index in [2.05, 4.69) is 35.9 Å². The number of rotatable bonds is 8. The van der Waals surface area contributed by atoms with E-state index in [0.29, 0.717) is 5.41 Å². The third kappa shape index (κ3) is 6.53. The molecule has 1 fully saturated rings. The lowest BCUT2D eigenvalue weighted by molar-refractivity contribution is 0.0114. The second kappa shape index (κ2) is 7.74. The molecule has 120 valence electrons. The van der Waals surface area contributed by atoms with E-state index < -0.39 is 5.60 Å². The highest BCUT2D eigenvalue weighted by Crippen LogP contribution is 2.22. The van der Waals surface area contributed by atoms with Gasteiger partial charge in [0.15, 0.2) is 0 Å². The number of β-amino-alcohol motifs (C(OH)–C–C–N with tert-alkyl or cyclic N) is 1. The van der Waals surface area contributed by atoms with Gasteiger partial charge in [-0.1, -0.05) is 20.8 Å². The van der Waals surface area contributed by atoms with Crippen LogP contribution in [0.15, 0.2) is 0 Å². The van der Waals surface area contributed by atoms with Crippen LogP contribution < -0.4 is 5.32 Å². The zero-order valence-corrected chi connectivity index (χ0v) is 14.2. The molecule has 0 saturated carbocycles. The fourth-order valence-corrected chi connectivity index (χ4v) is 2.91. The fraction of sp³-hybridized carbons (Fsp3) is 1.00. The van der Waals surface area contributed by atoms with E-state index in [9.17, 15) is 5.11 Å². The monoisotopic (exact) mass is 285 g/mol. The van der Waals surface area contributed by atoms with Crippen molar-refractivity contribution in [2.45, 2.75) is 46.6 Å². The molecule has 2 N–H and O–H groups in total. The maximum Gasteiger partial charge on any atom is 0.0718 e. The van der Waals surface area contributed by atoms with E-state index >= 15 is 0 Å². The zero-order valence-electron chi connectivity index (χ0n) is 14.2. The minimum absolute atomic E-state index is 0.369. The molecule has 1 aliphatic rings. The number of nitrogens with zero attached hydrogens (tertiary/aromatic N) is 2. The van der Waals surface area contributed by atoms with Crippen molar-refractivity contribution in [1.29, 1.82) is 0 Å². The van der Waals surface area contributed by atoms with Gasteiger partial charge >= 0.3 is 0 Å². The topological polar surface area (TPSA) is 38.7 Å². The molecule has 4 nitrogen and oxygen atoms in total. The van der Waals surface area contributed by atoms with Crippen LogP contribution in [0.25, 0.3) is 0 Å². The summed E-state index contributed by atoms with van der Waals surface area (Å²) in [6.07, 6.45) is 1.21. The maximum absolute atomic E-state index is 9.89. The first-order valence-corrected chi connectivity index (χ1v) is 8.16. The van der Waals surface area contributed by atoms with Crippen LogP contribution in [0.1, 0.15) is 41.0 Å². The second-order valence-corrected chi connectivity index (χ2v) is 7.31. The summed E-state index contributed by atoms with van der Waals surface area (Å²) in [6, 6.07) is 0. The normalized spacial score (nSPS) is 21.9. The molecule has 1 rings (SSSR count). The fourth-order valence-electron chi connectivity index (χ4n) is 2.91. The van der Waals surface area contributed by atoms with Crippen LogP contribution in [0.5, 0.6) is 0 Å². The molecule has 0 aromatic rings. The quantitative estimate of drug-likeness (QED) is 0.707. The molecule has 1 saturated heterocycles. The van der Waals surface area contributed by atoms with Crippen molar-refractivity contribution in [3.63, 3.8) is 0 Å². The Kier molecular flexibility index (Phi) is 6.92. The van der Waals surface area contributed by atoms with E-state index in [4.69, 9.17) is 0 Å². The van der Waals surface area contributed by atoms with Gasteiger partial charge in [0.1, 0.15) is 0 Å². The van der Waals surface area contributed by atoms with Crippen LogP contribution in [-0.4, -0.2) is 72.9 Å². The van der Waals surface area contributed by atoms with Crippen LogP contribution >= 0.6 is 0 Å². The molecule has 0 bridgehead atoms. The number of aliphatic hydroxyl groups is 1. The van der Waals surface area contributed by atoms with Gasteiger partial charge in [-0.2, -0.15) is 0 Å². The molecule has 20 heavy (non-hydrogen) atoms. The van der Waals surface area contributed by atoms with Crippen LogP contribution in [-0.2, 0) is 0 Å². The van der Waals surface area contributed by atoms with E-state index in [-0.39, 0.29) is 0 Å². The highest BCUT2D eigenvalue weighted by molar-refractivity contribution is 4.83. The summed E-state index contributed by atoms with van der Waals surface area (Å²) in [5.41, 5.74) is -0.209. The molecule has 0 aromatic heterocycles. The van der Waals surface area contributed by atoms with Gasteiger partial charge in [0.05, 0.1) is 5.60 Å². The molecule has 0 spiro atoms. The molecule has 1 unspecified atom stereocenters. The minimum Gasteiger partial charge on any atom is -0.389 e. The molecule has 1 heterocycles. The molecule has 1 atom stereocenters. The molecule has 0 amide bonds. The standard InChI is InChI=1S/C16H35N3O/c1-6-16(5,12-17-7-2)14-19-10-8-18(9-11-19)13-15(3,4)20/h17,20H,6-14H2,1-5H3. The van der Waals surface area contributed by atoms with Gasteiger partial charge in [-0.15, -0.1) is 0 Å². The Morgan fingerprint density at radius 1 is 0.950 bits per heavy atom. The Morgan fingerprint density at radius 2 is 1.45 bits per heavy atom. The van der Waals surface area contributed by atoms with Crippen molar-refractivity contribution < 1.29 is 5.11 Å². The molecular weight excluding hydrogens is 250 g/mol. The van der Waals surface area contributed by atoms with Gasteiger partial charge in [0.25, 0.3) is 0 Å². The summed E-state index contributed by atoms with van der Waals surface area (Å²) in [6.45, 7) is 19.1. The summed E-state index contributed by atoms with van der Waals surface area (Å²) in [5.74, 6) is 0. The molecule has 4 heteroatoms. The van der Waals surface area contributed by atoms with Crippen molar-refractivity contribution in [3.8, 4) is 0 Å². The van der Waals surface area contributed by atoms with E-state index in [1.807, 2.05) is 13.8 Å². The van der Waals surface area contributed by atoms with Crippen LogP contribution in [0.2, 0.25) is 0 Å². The predicted octanol–water partition coefficient (Wildman–Crippen LogP) is 1.40. The average molecular weight is 285 g/mol. The molecule has 1 aliphatic heterocycles. The average Bonchev–Trinajstić information content (AvgIpc) is 2.37. The third-order valence-corrected chi connectivity index (χ3v) is 4.34. The van der Waals surface area contributed by atoms with E-state index in [0.717, 1.165) is 45.8 Å². The van der Waals surface area contributed by atoms with Crippen molar-refractivity contribution in [2.75, 3.05) is 52.4 Å². The van der Waals surface area contributed by atoms with Gasteiger partial charge in [-0.25, -0.2) is 0 Å². The Morgan fingerprint density at radius 3 is 1.85 bits per heavy atom. The number of hydrogen-bond acceptors (Lipinski definition) is 4. The molecular formula is C16H35N3O. The Hall–Kier alpha value is -0.160. The lowest BCUT2D eigenvalue weighted by Crippen LogP contribution is -2.53.